The number of aromatic nitrogens is 1. The van der Waals surface area contributed by atoms with Gasteiger partial charge in [0.05, 0.1) is 23.3 Å². The minimum Gasteiger partial charge on any atom is -0.337 e. The number of carbonyl (C=O) groups excluding carboxylic acids is 1. The summed E-state index contributed by atoms with van der Waals surface area (Å²) in [6, 6.07) is 20.3. The molecule has 31 heavy (non-hydrogen) atoms. The summed E-state index contributed by atoms with van der Waals surface area (Å²) in [5.41, 5.74) is 2.08. The average molecular weight is 454 g/mol. The average Bonchev–Trinajstić information content (AvgIpc) is 2.84. The number of piperidine rings is 1. The lowest BCUT2D eigenvalue weighted by Crippen LogP contribution is -2.36. The number of benzene rings is 2. The summed E-state index contributed by atoms with van der Waals surface area (Å²) in [7, 11) is -1.43. The van der Waals surface area contributed by atoms with Crippen molar-refractivity contribution in [1.82, 2.24) is 9.88 Å². The lowest BCUT2D eigenvalue weighted by Gasteiger charge is -2.27. The lowest BCUT2D eigenvalue weighted by molar-refractivity contribution is 0.0718. The van der Waals surface area contributed by atoms with E-state index in [1.807, 2.05) is 65.6 Å². The number of amides is 1. The third kappa shape index (κ3) is 5.32. The zero-order valence-corrected chi connectivity index (χ0v) is 18.7. The van der Waals surface area contributed by atoms with Crippen molar-refractivity contribution >= 4 is 34.2 Å². The summed E-state index contributed by atoms with van der Waals surface area (Å²) >= 11 is 6.02. The molecule has 0 aliphatic carbocycles. The summed E-state index contributed by atoms with van der Waals surface area (Å²) in [4.78, 5) is 19.7. The Balaban J connectivity index is 1.60. The molecule has 1 amide bonds. The molecule has 1 aliphatic rings. The molecule has 0 spiro atoms. The molecular formula is C24H24ClN3O2S. The Labute approximate surface area is 190 Å². The van der Waals surface area contributed by atoms with E-state index in [4.69, 9.17) is 11.6 Å². The molecule has 0 radical (unpaired) electrons. The third-order valence-corrected chi connectivity index (χ3v) is 6.95. The van der Waals surface area contributed by atoms with E-state index in [0.29, 0.717) is 27.8 Å². The highest BCUT2D eigenvalue weighted by Crippen LogP contribution is 2.24. The molecule has 0 saturated carbocycles. The highest BCUT2D eigenvalue weighted by molar-refractivity contribution is 7.86. The summed E-state index contributed by atoms with van der Waals surface area (Å²) in [5.74, 6) is -0.0420. The van der Waals surface area contributed by atoms with Gasteiger partial charge in [-0.15, -0.1) is 0 Å². The van der Waals surface area contributed by atoms with Crippen molar-refractivity contribution in [2.24, 2.45) is 0 Å². The molecule has 4 rings (SSSR count). The van der Waals surface area contributed by atoms with Gasteiger partial charge < -0.3 is 4.90 Å². The van der Waals surface area contributed by atoms with E-state index in [2.05, 4.69) is 4.98 Å². The van der Waals surface area contributed by atoms with Crippen LogP contribution in [0.4, 0.5) is 5.69 Å². The number of pyridine rings is 1. The predicted molar refractivity (Wildman–Crippen MR) is 124 cm³/mol. The van der Waals surface area contributed by atoms with E-state index in [1.54, 1.807) is 16.6 Å². The zero-order valence-electron chi connectivity index (χ0n) is 17.1. The van der Waals surface area contributed by atoms with Crippen LogP contribution in [0.1, 0.15) is 35.3 Å². The van der Waals surface area contributed by atoms with Crippen LogP contribution in [0.25, 0.3) is 0 Å². The second-order valence-corrected chi connectivity index (χ2v) is 9.33. The van der Waals surface area contributed by atoms with E-state index in [9.17, 15) is 9.00 Å². The Kier molecular flexibility index (Phi) is 6.99. The second kappa shape index (κ2) is 10.1. The van der Waals surface area contributed by atoms with Crippen LogP contribution >= 0.6 is 11.6 Å². The Hall–Kier alpha value is -2.70. The summed E-state index contributed by atoms with van der Waals surface area (Å²) in [6.07, 6.45) is 4.87. The van der Waals surface area contributed by atoms with Crippen molar-refractivity contribution < 1.29 is 9.00 Å². The Bertz CT molecular complexity index is 1040. The van der Waals surface area contributed by atoms with Gasteiger partial charge in [-0.3, -0.25) is 9.10 Å². The minimum absolute atomic E-state index is 0.0420. The van der Waals surface area contributed by atoms with E-state index < -0.39 is 11.0 Å². The smallest absolute Gasteiger partial charge is 0.272 e. The van der Waals surface area contributed by atoms with Gasteiger partial charge in [0, 0.05) is 18.1 Å². The number of halogens is 1. The van der Waals surface area contributed by atoms with Crippen molar-refractivity contribution in [3.63, 3.8) is 0 Å². The zero-order chi connectivity index (χ0) is 21.6. The van der Waals surface area contributed by atoms with Gasteiger partial charge in [0.2, 0.25) is 0 Å². The fourth-order valence-electron chi connectivity index (χ4n) is 3.58. The van der Waals surface area contributed by atoms with Crippen LogP contribution in [0, 0.1) is 0 Å². The van der Waals surface area contributed by atoms with Gasteiger partial charge in [-0.2, -0.15) is 0 Å². The van der Waals surface area contributed by atoms with Crippen molar-refractivity contribution in [2.75, 3.05) is 17.4 Å². The molecule has 1 fully saturated rings. The first-order valence-corrected chi connectivity index (χ1v) is 11.8. The topological polar surface area (TPSA) is 53.5 Å². The van der Waals surface area contributed by atoms with Gasteiger partial charge in [-0.05, 0) is 61.2 Å². The fraction of sp³-hybridized carbons (Fsp3) is 0.250. The molecular weight excluding hydrogens is 430 g/mol. The third-order valence-electron chi connectivity index (χ3n) is 5.28. The van der Waals surface area contributed by atoms with Gasteiger partial charge in [0.25, 0.3) is 5.91 Å². The summed E-state index contributed by atoms with van der Waals surface area (Å²) in [6.45, 7) is 1.98. The quantitative estimate of drug-likeness (QED) is 0.522. The molecule has 1 atom stereocenters. The van der Waals surface area contributed by atoms with Gasteiger partial charge >= 0.3 is 0 Å². The molecule has 1 aliphatic heterocycles. The first-order valence-electron chi connectivity index (χ1n) is 10.4. The first-order chi connectivity index (χ1) is 15.1. The molecule has 7 heteroatoms. The number of anilines is 1. The molecule has 1 aromatic heterocycles. The van der Waals surface area contributed by atoms with Crippen LogP contribution in [-0.2, 0) is 17.5 Å². The van der Waals surface area contributed by atoms with E-state index in [1.165, 1.54) is 6.42 Å². The number of nitrogens with zero attached hydrogens (tertiary/aromatic N) is 3. The van der Waals surface area contributed by atoms with E-state index in [0.717, 1.165) is 31.5 Å². The van der Waals surface area contributed by atoms with E-state index in [-0.39, 0.29) is 5.91 Å². The molecule has 5 nitrogen and oxygen atoms in total. The number of carbonyl (C=O) groups is 1. The van der Waals surface area contributed by atoms with Crippen molar-refractivity contribution in [1.29, 1.82) is 0 Å². The second-order valence-electron chi connectivity index (χ2n) is 7.48. The molecule has 2 heterocycles. The number of rotatable bonds is 6. The number of likely N-dealkylation sites (tertiary alicyclic amines) is 1. The van der Waals surface area contributed by atoms with E-state index >= 15 is 0 Å². The maximum Gasteiger partial charge on any atom is 0.272 e. The highest BCUT2D eigenvalue weighted by Gasteiger charge is 2.21. The largest absolute Gasteiger partial charge is 0.337 e. The maximum atomic E-state index is 13.4. The maximum absolute atomic E-state index is 13.4. The lowest BCUT2D eigenvalue weighted by atomic mass is 10.1. The van der Waals surface area contributed by atoms with Crippen LogP contribution in [0.3, 0.4) is 0 Å². The van der Waals surface area contributed by atoms with Crippen LogP contribution in [0.5, 0.6) is 0 Å². The number of hydrogen-bond donors (Lipinski definition) is 0. The Morgan fingerprint density at radius 2 is 1.68 bits per heavy atom. The minimum atomic E-state index is -1.43. The monoisotopic (exact) mass is 453 g/mol. The number of hydrogen-bond acceptors (Lipinski definition) is 3. The summed E-state index contributed by atoms with van der Waals surface area (Å²) < 4.78 is 15.2. The molecule has 2 aromatic carbocycles. The SMILES string of the molecule is O=C(c1ccc(N(Cc2ccc(Cl)cc2)S(=O)c2ccccc2)cn1)N1CCCCC1. The van der Waals surface area contributed by atoms with Gasteiger partial charge in [0.15, 0.2) is 11.0 Å². The van der Waals surface area contributed by atoms with Crippen LogP contribution in [-0.4, -0.2) is 33.1 Å². The van der Waals surface area contributed by atoms with Crippen molar-refractivity contribution in [3.05, 3.63) is 89.2 Å². The van der Waals surface area contributed by atoms with Gasteiger partial charge in [-0.25, -0.2) is 9.19 Å². The first kappa shape index (κ1) is 21.5. The Morgan fingerprint density at radius 3 is 2.32 bits per heavy atom. The molecule has 160 valence electrons. The van der Waals surface area contributed by atoms with Gasteiger partial charge in [-0.1, -0.05) is 41.9 Å². The van der Waals surface area contributed by atoms with Crippen molar-refractivity contribution in [3.8, 4) is 0 Å². The highest BCUT2D eigenvalue weighted by atomic mass is 35.5. The van der Waals surface area contributed by atoms with Crippen molar-refractivity contribution in [2.45, 2.75) is 30.7 Å². The van der Waals surface area contributed by atoms with Crippen LogP contribution in [0.15, 0.2) is 77.8 Å². The van der Waals surface area contributed by atoms with Gasteiger partial charge in [0.1, 0.15) is 5.69 Å². The molecule has 1 unspecified atom stereocenters. The predicted octanol–water partition coefficient (Wildman–Crippen LogP) is 5.09. The normalized spacial score (nSPS) is 14.8. The summed E-state index contributed by atoms with van der Waals surface area (Å²) in [5, 5.41) is 0.654. The molecule has 0 bridgehead atoms. The molecule has 3 aromatic rings. The molecule has 1 saturated heterocycles. The molecule has 0 N–H and O–H groups in total. The Morgan fingerprint density at radius 1 is 0.968 bits per heavy atom. The fourth-order valence-corrected chi connectivity index (χ4v) is 4.92. The van der Waals surface area contributed by atoms with Crippen LogP contribution in [0.2, 0.25) is 5.02 Å². The van der Waals surface area contributed by atoms with Crippen LogP contribution < -0.4 is 4.31 Å². The standard InChI is InChI=1S/C24H24ClN3O2S/c25-20-11-9-19(10-12-20)18-28(31(30)22-7-3-1-4-8-22)21-13-14-23(26-17-21)24(29)27-15-5-2-6-16-27/h1,3-4,7-14,17H,2,5-6,15-16,18H2.